The number of hydrogen-bond acceptors (Lipinski definition) is 3. The Labute approximate surface area is 109 Å². The van der Waals surface area contributed by atoms with Crippen LogP contribution in [0.1, 0.15) is 50.3 Å². The standard InChI is InChI=1S/C15H21N3/c1-2-12-6-3-4-8-14(12)18-11-13-7-5-9-17-15(13)10-16/h5,7,9,12,14,18H,2-4,6,8,11H2,1H3. The maximum atomic E-state index is 9.01. The molecule has 96 valence electrons. The summed E-state index contributed by atoms with van der Waals surface area (Å²) < 4.78 is 0. The normalized spacial score (nSPS) is 23.6. The summed E-state index contributed by atoms with van der Waals surface area (Å²) in [6.07, 6.45) is 8.22. The molecule has 1 fully saturated rings. The van der Waals surface area contributed by atoms with E-state index in [-0.39, 0.29) is 0 Å². The van der Waals surface area contributed by atoms with Crippen LogP contribution in [0.3, 0.4) is 0 Å². The zero-order valence-electron chi connectivity index (χ0n) is 11.0. The first kappa shape index (κ1) is 13.0. The number of rotatable bonds is 4. The molecule has 1 aromatic heterocycles. The second kappa shape index (κ2) is 6.51. The summed E-state index contributed by atoms with van der Waals surface area (Å²) >= 11 is 0. The van der Waals surface area contributed by atoms with Crippen molar-refractivity contribution in [3.8, 4) is 6.07 Å². The van der Waals surface area contributed by atoms with Gasteiger partial charge in [-0.1, -0.05) is 32.3 Å². The summed E-state index contributed by atoms with van der Waals surface area (Å²) in [5.74, 6) is 0.793. The molecule has 0 bridgehead atoms. The fraction of sp³-hybridized carbons (Fsp3) is 0.600. The van der Waals surface area contributed by atoms with Gasteiger partial charge >= 0.3 is 0 Å². The Bertz CT molecular complexity index is 422. The molecule has 3 heteroatoms. The number of nitrogens with zero attached hydrogens (tertiary/aromatic N) is 2. The maximum Gasteiger partial charge on any atom is 0.144 e. The Balaban J connectivity index is 1.96. The maximum absolute atomic E-state index is 9.01. The van der Waals surface area contributed by atoms with E-state index in [1.165, 1.54) is 32.1 Å². The Kier molecular flexibility index (Phi) is 4.72. The third-order valence-electron chi connectivity index (χ3n) is 3.99. The topological polar surface area (TPSA) is 48.7 Å². The lowest BCUT2D eigenvalue weighted by molar-refractivity contribution is 0.254. The van der Waals surface area contributed by atoms with E-state index in [0.717, 1.165) is 18.0 Å². The van der Waals surface area contributed by atoms with Crippen molar-refractivity contribution in [2.24, 2.45) is 5.92 Å². The Morgan fingerprint density at radius 2 is 2.28 bits per heavy atom. The Morgan fingerprint density at radius 3 is 3.06 bits per heavy atom. The molecule has 1 aromatic rings. The molecule has 1 heterocycles. The molecule has 0 aromatic carbocycles. The highest BCUT2D eigenvalue weighted by Gasteiger charge is 2.23. The summed E-state index contributed by atoms with van der Waals surface area (Å²) in [6, 6.07) is 6.65. The van der Waals surface area contributed by atoms with E-state index < -0.39 is 0 Å². The SMILES string of the molecule is CCC1CCCCC1NCc1cccnc1C#N. The van der Waals surface area contributed by atoms with Gasteiger partial charge in [-0.15, -0.1) is 0 Å². The van der Waals surface area contributed by atoms with E-state index in [9.17, 15) is 0 Å². The first-order valence-corrected chi connectivity index (χ1v) is 6.92. The average molecular weight is 243 g/mol. The van der Waals surface area contributed by atoms with Crippen molar-refractivity contribution < 1.29 is 0 Å². The van der Waals surface area contributed by atoms with Gasteiger partial charge in [0, 0.05) is 24.3 Å². The van der Waals surface area contributed by atoms with Gasteiger partial charge in [-0.25, -0.2) is 4.98 Å². The van der Waals surface area contributed by atoms with Gasteiger partial charge in [0.2, 0.25) is 0 Å². The van der Waals surface area contributed by atoms with Gasteiger partial charge < -0.3 is 5.32 Å². The van der Waals surface area contributed by atoms with Crippen LogP contribution < -0.4 is 5.32 Å². The fourth-order valence-corrected chi connectivity index (χ4v) is 2.89. The highest BCUT2D eigenvalue weighted by molar-refractivity contribution is 5.30. The molecule has 1 aliphatic rings. The van der Waals surface area contributed by atoms with Crippen LogP contribution in [0.4, 0.5) is 0 Å². The summed E-state index contributed by atoms with van der Waals surface area (Å²) in [7, 11) is 0. The van der Waals surface area contributed by atoms with Gasteiger partial charge in [0.15, 0.2) is 0 Å². The summed E-state index contributed by atoms with van der Waals surface area (Å²) in [5.41, 5.74) is 1.56. The van der Waals surface area contributed by atoms with E-state index in [4.69, 9.17) is 5.26 Å². The smallest absolute Gasteiger partial charge is 0.144 e. The van der Waals surface area contributed by atoms with E-state index in [1.807, 2.05) is 12.1 Å². The molecule has 0 spiro atoms. The van der Waals surface area contributed by atoms with Crippen molar-refractivity contribution in [1.82, 2.24) is 10.3 Å². The van der Waals surface area contributed by atoms with Gasteiger partial charge in [0.05, 0.1) is 0 Å². The van der Waals surface area contributed by atoms with Gasteiger partial charge in [0.25, 0.3) is 0 Å². The molecule has 0 aliphatic heterocycles. The monoisotopic (exact) mass is 243 g/mol. The zero-order chi connectivity index (χ0) is 12.8. The Hall–Kier alpha value is -1.40. The number of nitrogens with one attached hydrogen (secondary N) is 1. The van der Waals surface area contributed by atoms with Gasteiger partial charge in [-0.2, -0.15) is 5.26 Å². The van der Waals surface area contributed by atoms with Crippen LogP contribution >= 0.6 is 0 Å². The molecule has 2 unspecified atom stereocenters. The summed E-state index contributed by atoms with van der Waals surface area (Å²) in [5, 5.41) is 12.6. The minimum Gasteiger partial charge on any atom is -0.310 e. The summed E-state index contributed by atoms with van der Waals surface area (Å²) in [4.78, 5) is 4.10. The molecule has 0 saturated heterocycles. The fourth-order valence-electron chi connectivity index (χ4n) is 2.89. The van der Waals surface area contributed by atoms with Gasteiger partial charge in [0.1, 0.15) is 11.8 Å². The molecule has 1 saturated carbocycles. The number of nitriles is 1. The lowest BCUT2D eigenvalue weighted by atomic mass is 9.83. The van der Waals surface area contributed by atoms with Crippen molar-refractivity contribution in [2.45, 2.75) is 51.6 Å². The van der Waals surface area contributed by atoms with E-state index in [0.29, 0.717) is 11.7 Å². The third-order valence-corrected chi connectivity index (χ3v) is 3.99. The van der Waals surface area contributed by atoms with Gasteiger partial charge in [-0.3, -0.25) is 0 Å². The van der Waals surface area contributed by atoms with E-state index in [2.05, 4.69) is 23.3 Å². The van der Waals surface area contributed by atoms with Crippen LogP contribution in [-0.4, -0.2) is 11.0 Å². The largest absolute Gasteiger partial charge is 0.310 e. The number of hydrogen-bond donors (Lipinski definition) is 1. The molecule has 1 N–H and O–H groups in total. The predicted molar refractivity (Wildman–Crippen MR) is 71.8 cm³/mol. The molecular weight excluding hydrogens is 222 g/mol. The minimum absolute atomic E-state index is 0.550. The van der Waals surface area contributed by atoms with Crippen molar-refractivity contribution in [3.05, 3.63) is 29.6 Å². The highest BCUT2D eigenvalue weighted by Crippen LogP contribution is 2.27. The number of pyridine rings is 1. The van der Waals surface area contributed by atoms with E-state index >= 15 is 0 Å². The van der Waals surface area contributed by atoms with Crippen LogP contribution in [0.2, 0.25) is 0 Å². The van der Waals surface area contributed by atoms with Crippen molar-refractivity contribution in [2.75, 3.05) is 0 Å². The molecule has 2 rings (SSSR count). The molecular formula is C15H21N3. The predicted octanol–water partition coefficient (Wildman–Crippen LogP) is 3.01. The van der Waals surface area contributed by atoms with Crippen LogP contribution in [-0.2, 0) is 6.54 Å². The molecule has 0 radical (unpaired) electrons. The van der Waals surface area contributed by atoms with Crippen molar-refractivity contribution in [1.29, 1.82) is 5.26 Å². The first-order valence-electron chi connectivity index (χ1n) is 6.92. The Morgan fingerprint density at radius 1 is 1.44 bits per heavy atom. The van der Waals surface area contributed by atoms with Crippen LogP contribution in [0, 0.1) is 17.2 Å². The van der Waals surface area contributed by atoms with Crippen molar-refractivity contribution >= 4 is 0 Å². The summed E-state index contributed by atoms with van der Waals surface area (Å²) in [6.45, 7) is 3.04. The minimum atomic E-state index is 0.550. The quantitative estimate of drug-likeness (QED) is 0.884. The average Bonchev–Trinajstić information content (AvgIpc) is 2.45. The van der Waals surface area contributed by atoms with E-state index in [1.54, 1.807) is 6.20 Å². The van der Waals surface area contributed by atoms with Crippen LogP contribution in [0.25, 0.3) is 0 Å². The van der Waals surface area contributed by atoms with Crippen molar-refractivity contribution in [3.63, 3.8) is 0 Å². The van der Waals surface area contributed by atoms with Gasteiger partial charge in [-0.05, 0) is 24.8 Å². The first-order chi connectivity index (χ1) is 8.85. The molecule has 1 aliphatic carbocycles. The molecule has 0 amide bonds. The lowest BCUT2D eigenvalue weighted by Gasteiger charge is -2.31. The second-order valence-electron chi connectivity index (χ2n) is 5.06. The third kappa shape index (κ3) is 3.08. The molecule has 3 nitrogen and oxygen atoms in total. The number of aromatic nitrogens is 1. The van der Waals surface area contributed by atoms with Crippen LogP contribution in [0.15, 0.2) is 18.3 Å². The second-order valence-corrected chi connectivity index (χ2v) is 5.06. The zero-order valence-corrected chi connectivity index (χ0v) is 11.0. The lowest BCUT2D eigenvalue weighted by Crippen LogP contribution is -2.38. The molecule has 2 atom stereocenters. The highest BCUT2D eigenvalue weighted by atomic mass is 14.9. The molecule has 18 heavy (non-hydrogen) atoms. The van der Waals surface area contributed by atoms with Crippen LogP contribution in [0.5, 0.6) is 0 Å².